The monoisotopic (exact) mass is 232 g/mol. The van der Waals surface area contributed by atoms with Crippen LogP contribution in [0.1, 0.15) is 22.6 Å². The van der Waals surface area contributed by atoms with Crippen LogP contribution in [0, 0.1) is 13.8 Å². The fraction of sp³-hybridized carbons (Fsp3) is 0.286. The number of hydrogen-bond acceptors (Lipinski definition) is 3. The van der Waals surface area contributed by atoms with Gasteiger partial charge in [0.25, 0.3) is 0 Å². The van der Waals surface area contributed by atoms with Crippen LogP contribution >= 0.6 is 0 Å². The van der Waals surface area contributed by atoms with E-state index in [0.29, 0.717) is 18.1 Å². The molecule has 0 amide bonds. The van der Waals surface area contributed by atoms with Crippen LogP contribution < -0.4 is 4.74 Å². The van der Waals surface area contributed by atoms with Gasteiger partial charge in [0.15, 0.2) is 0 Å². The van der Waals surface area contributed by atoms with E-state index < -0.39 is 0 Å². The highest BCUT2D eigenvalue weighted by Gasteiger charge is 2.02. The van der Waals surface area contributed by atoms with Crippen molar-refractivity contribution in [3.8, 4) is 5.75 Å². The van der Waals surface area contributed by atoms with Crippen molar-refractivity contribution in [3.63, 3.8) is 0 Å². The van der Waals surface area contributed by atoms with Crippen molar-refractivity contribution in [2.45, 2.75) is 27.1 Å². The third kappa shape index (κ3) is 3.11. The average Bonchev–Trinajstić information content (AvgIpc) is 2.73. The second kappa shape index (κ2) is 5.06. The lowest BCUT2D eigenvalue weighted by atomic mass is 10.1. The summed E-state index contributed by atoms with van der Waals surface area (Å²) in [4.78, 5) is 0. The molecule has 0 unspecified atom stereocenters. The molecule has 1 N–H and O–H groups in total. The molecule has 3 nitrogen and oxygen atoms in total. The van der Waals surface area contributed by atoms with Gasteiger partial charge in [0, 0.05) is 0 Å². The summed E-state index contributed by atoms with van der Waals surface area (Å²) >= 11 is 0. The van der Waals surface area contributed by atoms with Crippen LogP contribution in [-0.2, 0) is 13.2 Å². The van der Waals surface area contributed by atoms with E-state index in [4.69, 9.17) is 14.3 Å². The summed E-state index contributed by atoms with van der Waals surface area (Å²) in [5.74, 6) is 2.11. The van der Waals surface area contributed by atoms with Gasteiger partial charge in [-0.25, -0.2) is 0 Å². The van der Waals surface area contributed by atoms with Crippen LogP contribution in [0.15, 0.2) is 34.7 Å². The maximum atomic E-state index is 8.87. The molecule has 0 atom stereocenters. The second-order valence-corrected chi connectivity index (χ2v) is 4.14. The Hall–Kier alpha value is -1.74. The highest BCUT2D eigenvalue weighted by molar-refractivity contribution is 5.33. The van der Waals surface area contributed by atoms with E-state index in [1.54, 1.807) is 6.07 Å². The zero-order valence-corrected chi connectivity index (χ0v) is 10.1. The van der Waals surface area contributed by atoms with Crippen LogP contribution in [-0.4, -0.2) is 5.11 Å². The van der Waals surface area contributed by atoms with Gasteiger partial charge >= 0.3 is 0 Å². The predicted octanol–water partition coefficient (Wildman–Crippen LogP) is 2.97. The van der Waals surface area contributed by atoms with Gasteiger partial charge in [-0.2, -0.15) is 0 Å². The summed E-state index contributed by atoms with van der Waals surface area (Å²) in [5.41, 5.74) is 2.35. The van der Waals surface area contributed by atoms with Crippen LogP contribution in [0.3, 0.4) is 0 Å². The van der Waals surface area contributed by atoms with E-state index in [2.05, 4.69) is 6.07 Å². The lowest BCUT2D eigenvalue weighted by Crippen LogP contribution is -1.94. The molecule has 0 aliphatic carbocycles. The van der Waals surface area contributed by atoms with Crippen LogP contribution in [0.2, 0.25) is 0 Å². The Bertz CT molecular complexity index is 480. The molecular formula is C14H16O3. The summed E-state index contributed by atoms with van der Waals surface area (Å²) in [6, 6.07) is 9.64. The SMILES string of the molecule is Cc1cc(C)cc(OCc2ccc(CO)o2)c1. The number of hydrogen-bond donors (Lipinski definition) is 1. The highest BCUT2D eigenvalue weighted by Crippen LogP contribution is 2.18. The topological polar surface area (TPSA) is 42.6 Å². The van der Waals surface area contributed by atoms with E-state index in [1.807, 2.05) is 32.0 Å². The number of benzene rings is 1. The fourth-order valence-corrected chi connectivity index (χ4v) is 1.76. The lowest BCUT2D eigenvalue weighted by Gasteiger charge is -2.06. The minimum atomic E-state index is -0.0798. The molecule has 0 spiro atoms. The number of ether oxygens (including phenoxy) is 1. The summed E-state index contributed by atoms with van der Waals surface area (Å²) in [7, 11) is 0. The Morgan fingerprint density at radius 3 is 2.29 bits per heavy atom. The largest absolute Gasteiger partial charge is 0.486 e. The average molecular weight is 232 g/mol. The van der Waals surface area contributed by atoms with Gasteiger partial charge in [-0.1, -0.05) is 6.07 Å². The van der Waals surface area contributed by atoms with Gasteiger partial charge in [0.1, 0.15) is 30.5 Å². The molecule has 0 aliphatic rings. The van der Waals surface area contributed by atoms with Gasteiger partial charge in [-0.3, -0.25) is 0 Å². The molecule has 1 aromatic heterocycles. The van der Waals surface area contributed by atoms with Gasteiger partial charge in [-0.05, 0) is 49.2 Å². The van der Waals surface area contributed by atoms with E-state index >= 15 is 0 Å². The highest BCUT2D eigenvalue weighted by atomic mass is 16.5. The molecule has 0 fully saturated rings. The molecule has 2 rings (SSSR count). The van der Waals surface area contributed by atoms with Crippen molar-refractivity contribution in [2.75, 3.05) is 0 Å². The summed E-state index contributed by atoms with van der Waals surface area (Å²) < 4.78 is 11.0. The molecule has 3 heteroatoms. The minimum Gasteiger partial charge on any atom is -0.486 e. The Labute approximate surface area is 101 Å². The first-order valence-corrected chi connectivity index (χ1v) is 5.57. The quantitative estimate of drug-likeness (QED) is 0.881. The predicted molar refractivity (Wildman–Crippen MR) is 64.9 cm³/mol. The van der Waals surface area contributed by atoms with Crippen molar-refractivity contribution >= 4 is 0 Å². The number of aliphatic hydroxyl groups is 1. The molecule has 0 bridgehead atoms. The van der Waals surface area contributed by atoms with Crippen molar-refractivity contribution in [1.82, 2.24) is 0 Å². The summed E-state index contributed by atoms with van der Waals surface area (Å²) in [6.07, 6.45) is 0. The first-order chi connectivity index (χ1) is 8.17. The number of rotatable bonds is 4. The van der Waals surface area contributed by atoms with E-state index in [0.717, 1.165) is 5.75 Å². The Kier molecular flexibility index (Phi) is 3.49. The Morgan fingerprint density at radius 2 is 1.71 bits per heavy atom. The third-order valence-electron chi connectivity index (χ3n) is 2.45. The molecule has 2 aromatic rings. The first kappa shape index (κ1) is 11.7. The van der Waals surface area contributed by atoms with Crippen molar-refractivity contribution in [3.05, 3.63) is 53.0 Å². The number of aliphatic hydroxyl groups excluding tert-OH is 1. The molecule has 1 aromatic carbocycles. The molecule has 0 saturated heterocycles. The number of aryl methyl sites for hydroxylation is 2. The van der Waals surface area contributed by atoms with Crippen LogP contribution in [0.5, 0.6) is 5.75 Å². The molecule has 17 heavy (non-hydrogen) atoms. The van der Waals surface area contributed by atoms with Gasteiger partial charge in [0.2, 0.25) is 0 Å². The Balaban J connectivity index is 2.01. The maximum absolute atomic E-state index is 8.87. The zero-order chi connectivity index (χ0) is 12.3. The van der Waals surface area contributed by atoms with E-state index in [9.17, 15) is 0 Å². The molecule has 0 aliphatic heterocycles. The van der Waals surface area contributed by atoms with Crippen molar-refractivity contribution in [2.24, 2.45) is 0 Å². The van der Waals surface area contributed by atoms with E-state index in [-0.39, 0.29) is 6.61 Å². The van der Waals surface area contributed by atoms with Crippen LogP contribution in [0.25, 0.3) is 0 Å². The first-order valence-electron chi connectivity index (χ1n) is 5.57. The second-order valence-electron chi connectivity index (χ2n) is 4.14. The minimum absolute atomic E-state index is 0.0798. The van der Waals surface area contributed by atoms with Crippen molar-refractivity contribution in [1.29, 1.82) is 0 Å². The smallest absolute Gasteiger partial charge is 0.146 e. The van der Waals surface area contributed by atoms with Gasteiger partial charge in [-0.15, -0.1) is 0 Å². The standard InChI is InChI=1S/C14H16O3/c1-10-5-11(2)7-14(6-10)16-9-13-4-3-12(8-15)17-13/h3-7,15H,8-9H2,1-2H3. The normalized spacial score (nSPS) is 10.5. The lowest BCUT2D eigenvalue weighted by molar-refractivity contribution is 0.224. The maximum Gasteiger partial charge on any atom is 0.146 e. The summed E-state index contributed by atoms with van der Waals surface area (Å²) in [5, 5.41) is 8.87. The Morgan fingerprint density at radius 1 is 1.06 bits per heavy atom. The van der Waals surface area contributed by atoms with Gasteiger partial charge < -0.3 is 14.3 Å². The third-order valence-corrected chi connectivity index (χ3v) is 2.45. The fourth-order valence-electron chi connectivity index (χ4n) is 1.76. The van der Waals surface area contributed by atoms with Crippen LogP contribution in [0.4, 0.5) is 0 Å². The zero-order valence-electron chi connectivity index (χ0n) is 10.1. The molecule has 90 valence electrons. The van der Waals surface area contributed by atoms with Gasteiger partial charge in [0.05, 0.1) is 0 Å². The molecule has 0 radical (unpaired) electrons. The van der Waals surface area contributed by atoms with Crippen molar-refractivity contribution < 1.29 is 14.3 Å². The molecule has 1 heterocycles. The molecular weight excluding hydrogens is 216 g/mol. The summed E-state index contributed by atoms with van der Waals surface area (Å²) in [6.45, 7) is 4.37. The molecule has 0 saturated carbocycles. The van der Waals surface area contributed by atoms with E-state index in [1.165, 1.54) is 11.1 Å². The number of furan rings is 1.